The van der Waals surface area contributed by atoms with E-state index in [0.717, 1.165) is 13.1 Å². The first-order chi connectivity index (χ1) is 6.68. The lowest BCUT2D eigenvalue weighted by Crippen LogP contribution is -2.02. The van der Waals surface area contributed by atoms with Crippen molar-refractivity contribution in [2.45, 2.75) is 6.92 Å². The van der Waals surface area contributed by atoms with E-state index in [1.54, 1.807) is 12.5 Å². The molecule has 0 atom stereocenters. The summed E-state index contributed by atoms with van der Waals surface area (Å²) in [6.07, 6.45) is 3.49. The third-order valence-corrected chi connectivity index (χ3v) is 4.52. The highest BCUT2D eigenvalue weighted by atomic mass is 127. The molecule has 0 N–H and O–H groups in total. The van der Waals surface area contributed by atoms with E-state index in [4.69, 9.17) is 0 Å². The van der Waals surface area contributed by atoms with Gasteiger partial charge in [-0.25, -0.2) is 15.0 Å². The van der Waals surface area contributed by atoms with Crippen LogP contribution in [-0.2, 0) is 0 Å². The molecule has 2 aromatic rings. The van der Waals surface area contributed by atoms with Crippen LogP contribution in [0.1, 0.15) is 5.69 Å². The molecular formula is C8H6I2N4. The molecule has 2 aromatic heterocycles. The molecule has 0 bridgehead atoms. The van der Waals surface area contributed by atoms with Crippen molar-refractivity contribution in [1.29, 1.82) is 0 Å². The summed E-state index contributed by atoms with van der Waals surface area (Å²) in [7, 11) is 0. The van der Waals surface area contributed by atoms with Gasteiger partial charge in [-0.2, -0.15) is 0 Å². The fourth-order valence-corrected chi connectivity index (χ4v) is 1.87. The summed E-state index contributed by atoms with van der Waals surface area (Å²) in [5, 5.41) is 0. The molecule has 0 saturated heterocycles. The first-order valence-electron chi connectivity index (χ1n) is 3.87. The van der Waals surface area contributed by atoms with Crippen LogP contribution >= 0.6 is 45.2 Å². The Morgan fingerprint density at radius 3 is 2.64 bits per heavy atom. The SMILES string of the molecule is Cc1ccnc(-n2cnc(I)c2I)n1. The molecule has 0 radical (unpaired) electrons. The van der Waals surface area contributed by atoms with Crippen molar-refractivity contribution >= 4 is 45.2 Å². The van der Waals surface area contributed by atoms with Crippen LogP contribution in [0.4, 0.5) is 0 Å². The van der Waals surface area contributed by atoms with Crippen molar-refractivity contribution in [2.24, 2.45) is 0 Å². The predicted octanol–water partition coefficient (Wildman–Crippen LogP) is 2.18. The molecule has 2 heterocycles. The minimum Gasteiger partial charge on any atom is -0.261 e. The van der Waals surface area contributed by atoms with Crippen LogP contribution in [0, 0.1) is 14.3 Å². The summed E-state index contributed by atoms with van der Waals surface area (Å²) in [5.74, 6) is 0.671. The molecule has 0 fully saturated rings. The van der Waals surface area contributed by atoms with Crippen LogP contribution in [0.3, 0.4) is 0 Å². The van der Waals surface area contributed by atoms with Crippen molar-refractivity contribution in [1.82, 2.24) is 19.5 Å². The molecule has 0 unspecified atom stereocenters. The summed E-state index contributed by atoms with van der Waals surface area (Å²) in [4.78, 5) is 12.7. The maximum Gasteiger partial charge on any atom is 0.235 e. The average Bonchev–Trinajstić information content (AvgIpc) is 2.48. The number of imidazole rings is 1. The maximum atomic E-state index is 4.32. The number of halogens is 2. The van der Waals surface area contributed by atoms with Crippen molar-refractivity contribution < 1.29 is 0 Å². The van der Waals surface area contributed by atoms with E-state index in [0.29, 0.717) is 5.95 Å². The summed E-state index contributed by atoms with van der Waals surface area (Å²) in [5.41, 5.74) is 0.953. The first kappa shape index (κ1) is 10.3. The van der Waals surface area contributed by atoms with E-state index < -0.39 is 0 Å². The van der Waals surface area contributed by atoms with Gasteiger partial charge in [-0.3, -0.25) is 4.57 Å². The van der Waals surface area contributed by atoms with Gasteiger partial charge in [0.05, 0.1) is 0 Å². The van der Waals surface area contributed by atoms with Gasteiger partial charge in [0.15, 0.2) is 0 Å². The fraction of sp³-hybridized carbons (Fsp3) is 0.125. The molecule has 0 spiro atoms. The largest absolute Gasteiger partial charge is 0.261 e. The molecule has 0 amide bonds. The zero-order valence-electron chi connectivity index (χ0n) is 7.28. The number of hydrogen-bond acceptors (Lipinski definition) is 3. The molecule has 0 aliphatic rings. The summed E-state index contributed by atoms with van der Waals surface area (Å²) in [6, 6.07) is 1.87. The van der Waals surface area contributed by atoms with Gasteiger partial charge < -0.3 is 0 Å². The Bertz CT molecular complexity index is 466. The zero-order chi connectivity index (χ0) is 10.1. The second-order valence-corrected chi connectivity index (χ2v) is 4.74. The Morgan fingerprint density at radius 1 is 1.29 bits per heavy atom. The highest BCUT2D eigenvalue weighted by Crippen LogP contribution is 2.15. The van der Waals surface area contributed by atoms with Crippen LogP contribution in [0.25, 0.3) is 5.95 Å². The Labute approximate surface area is 108 Å². The van der Waals surface area contributed by atoms with E-state index in [2.05, 4.69) is 60.1 Å². The minimum atomic E-state index is 0.671. The normalized spacial score (nSPS) is 10.5. The molecule has 2 rings (SSSR count). The lowest BCUT2D eigenvalue weighted by molar-refractivity contribution is 0.892. The van der Waals surface area contributed by atoms with E-state index >= 15 is 0 Å². The molecule has 6 heteroatoms. The molecule has 0 aliphatic heterocycles. The topological polar surface area (TPSA) is 43.6 Å². The Morgan fingerprint density at radius 2 is 2.07 bits per heavy atom. The van der Waals surface area contributed by atoms with Gasteiger partial charge in [-0.1, -0.05) is 0 Å². The van der Waals surface area contributed by atoms with E-state index in [1.165, 1.54) is 0 Å². The maximum absolute atomic E-state index is 4.32. The van der Waals surface area contributed by atoms with Gasteiger partial charge in [0, 0.05) is 11.9 Å². The Balaban J connectivity index is 2.55. The number of aryl methyl sites for hydroxylation is 1. The fourth-order valence-electron chi connectivity index (χ4n) is 1.00. The highest BCUT2D eigenvalue weighted by Gasteiger charge is 2.08. The number of rotatable bonds is 1. The molecule has 72 valence electrons. The van der Waals surface area contributed by atoms with Crippen molar-refractivity contribution in [2.75, 3.05) is 0 Å². The average molecular weight is 412 g/mol. The van der Waals surface area contributed by atoms with Gasteiger partial charge in [-0.05, 0) is 58.2 Å². The highest BCUT2D eigenvalue weighted by molar-refractivity contribution is 14.1. The van der Waals surface area contributed by atoms with Crippen LogP contribution in [0.2, 0.25) is 0 Å². The van der Waals surface area contributed by atoms with Crippen LogP contribution in [0.5, 0.6) is 0 Å². The number of nitrogens with zero attached hydrogens (tertiary/aromatic N) is 4. The first-order valence-corrected chi connectivity index (χ1v) is 6.02. The van der Waals surface area contributed by atoms with Crippen LogP contribution < -0.4 is 0 Å². The van der Waals surface area contributed by atoms with Crippen LogP contribution in [0.15, 0.2) is 18.6 Å². The summed E-state index contributed by atoms with van der Waals surface area (Å²) >= 11 is 4.41. The standard InChI is InChI=1S/C8H6I2N4/c1-5-2-3-11-8(13-5)14-4-12-6(9)7(14)10/h2-4H,1H3. The van der Waals surface area contributed by atoms with Crippen LogP contribution in [-0.4, -0.2) is 19.5 Å². The van der Waals surface area contributed by atoms with Crippen molar-refractivity contribution in [3.63, 3.8) is 0 Å². The van der Waals surface area contributed by atoms with Crippen molar-refractivity contribution in [3.05, 3.63) is 31.7 Å². The molecule has 0 aromatic carbocycles. The second-order valence-electron chi connectivity index (χ2n) is 2.69. The third-order valence-electron chi connectivity index (χ3n) is 1.67. The van der Waals surface area contributed by atoms with Gasteiger partial charge in [0.25, 0.3) is 0 Å². The van der Waals surface area contributed by atoms with Crippen molar-refractivity contribution in [3.8, 4) is 5.95 Å². The predicted molar refractivity (Wildman–Crippen MR) is 69.3 cm³/mol. The molecule has 0 aliphatic carbocycles. The number of aromatic nitrogens is 4. The smallest absolute Gasteiger partial charge is 0.235 e. The molecule has 0 saturated carbocycles. The van der Waals surface area contributed by atoms with E-state index in [9.17, 15) is 0 Å². The lowest BCUT2D eigenvalue weighted by atomic mass is 10.5. The third kappa shape index (κ3) is 1.90. The summed E-state index contributed by atoms with van der Waals surface area (Å²) in [6.45, 7) is 1.94. The molecule has 4 nitrogen and oxygen atoms in total. The van der Waals surface area contributed by atoms with Gasteiger partial charge >= 0.3 is 0 Å². The van der Waals surface area contributed by atoms with E-state index in [1.807, 2.05) is 17.6 Å². The quantitative estimate of drug-likeness (QED) is 0.675. The van der Waals surface area contributed by atoms with E-state index in [-0.39, 0.29) is 0 Å². The lowest BCUT2D eigenvalue weighted by Gasteiger charge is -2.01. The Kier molecular flexibility index (Phi) is 3.00. The van der Waals surface area contributed by atoms with Gasteiger partial charge in [-0.15, -0.1) is 0 Å². The van der Waals surface area contributed by atoms with Gasteiger partial charge in [0.1, 0.15) is 13.7 Å². The minimum absolute atomic E-state index is 0.671. The zero-order valence-corrected chi connectivity index (χ0v) is 11.6. The monoisotopic (exact) mass is 412 g/mol. The molecule has 14 heavy (non-hydrogen) atoms. The molecular weight excluding hydrogens is 406 g/mol. The Hall–Kier alpha value is -0.250. The van der Waals surface area contributed by atoms with Gasteiger partial charge in [0.2, 0.25) is 5.95 Å². The number of hydrogen-bond donors (Lipinski definition) is 0. The second kappa shape index (κ2) is 4.09. The summed E-state index contributed by atoms with van der Waals surface area (Å²) < 4.78 is 3.87.